The van der Waals surface area contributed by atoms with E-state index >= 15 is 0 Å². The van der Waals surface area contributed by atoms with Crippen LogP contribution >= 0.6 is 0 Å². The maximum atomic E-state index is 11.3. The fraction of sp³-hybridized carbons (Fsp3) is 0.462. The minimum Gasteiger partial charge on any atom is -0.482 e. The number of amides is 1. The summed E-state index contributed by atoms with van der Waals surface area (Å²) in [4.78, 5) is 13.4. The molecule has 1 aromatic rings. The van der Waals surface area contributed by atoms with Gasteiger partial charge < -0.3 is 20.7 Å². The summed E-state index contributed by atoms with van der Waals surface area (Å²) in [6.07, 6.45) is 0. The number of benzene rings is 1. The van der Waals surface area contributed by atoms with Crippen LogP contribution in [0.1, 0.15) is 6.92 Å². The van der Waals surface area contributed by atoms with E-state index in [9.17, 15) is 4.79 Å². The SMILES string of the molecule is CC(CN)CN(C)c1ccc2c(c1)NC(=O)CO2. The summed E-state index contributed by atoms with van der Waals surface area (Å²) in [5, 5.41) is 2.81. The van der Waals surface area contributed by atoms with Crippen LogP contribution in [0.2, 0.25) is 0 Å². The molecule has 1 aromatic carbocycles. The van der Waals surface area contributed by atoms with Crippen LogP contribution in [0.3, 0.4) is 0 Å². The van der Waals surface area contributed by atoms with Crippen LogP contribution in [0.15, 0.2) is 18.2 Å². The number of anilines is 2. The molecule has 1 aliphatic rings. The zero-order valence-corrected chi connectivity index (χ0v) is 10.8. The Morgan fingerprint density at radius 1 is 1.56 bits per heavy atom. The Kier molecular flexibility index (Phi) is 3.72. The van der Waals surface area contributed by atoms with Gasteiger partial charge in [-0.3, -0.25) is 4.79 Å². The molecule has 0 aromatic heterocycles. The molecule has 1 unspecified atom stereocenters. The highest BCUT2D eigenvalue weighted by molar-refractivity contribution is 5.96. The molecule has 0 saturated heterocycles. The largest absolute Gasteiger partial charge is 0.482 e. The van der Waals surface area contributed by atoms with Gasteiger partial charge in [0.2, 0.25) is 0 Å². The fourth-order valence-electron chi connectivity index (χ4n) is 1.96. The Balaban J connectivity index is 2.15. The zero-order chi connectivity index (χ0) is 13.1. The van der Waals surface area contributed by atoms with Gasteiger partial charge in [0.25, 0.3) is 5.91 Å². The number of carbonyl (C=O) groups is 1. The summed E-state index contributed by atoms with van der Waals surface area (Å²) in [6.45, 7) is 3.74. The molecule has 0 bridgehead atoms. The number of nitrogens with zero attached hydrogens (tertiary/aromatic N) is 1. The van der Waals surface area contributed by atoms with Crippen LogP contribution in [-0.2, 0) is 4.79 Å². The van der Waals surface area contributed by atoms with Crippen molar-refractivity contribution in [1.82, 2.24) is 0 Å². The number of hydrogen-bond donors (Lipinski definition) is 2. The second kappa shape index (κ2) is 5.27. The van der Waals surface area contributed by atoms with Crippen molar-refractivity contribution in [3.05, 3.63) is 18.2 Å². The molecule has 5 nitrogen and oxygen atoms in total. The number of fused-ring (bicyclic) bond motifs is 1. The van der Waals surface area contributed by atoms with Crippen LogP contribution in [-0.4, -0.2) is 32.7 Å². The molecule has 0 saturated carbocycles. The predicted octanol–water partition coefficient (Wildman–Crippen LogP) is 1.05. The molecule has 18 heavy (non-hydrogen) atoms. The second-order valence-corrected chi connectivity index (χ2v) is 4.74. The summed E-state index contributed by atoms with van der Waals surface area (Å²) in [6, 6.07) is 5.79. The van der Waals surface area contributed by atoms with Crippen molar-refractivity contribution >= 4 is 17.3 Å². The molecule has 3 N–H and O–H groups in total. The van der Waals surface area contributed by atoms with Gasteiger partial charge in [0.05, 0.1) is 5.69 Å². The van der Waals surface area contributed by atoms with Gasteiger partial charge in [-0.2, -0.15) is 0 Å². The number of ether oxygens (including phenoxy) is 1. The van der Waals surface area contributed by atoms with Crippen LogP contribution in [0, 0.1) is 5.92 Å². The van der Waals surface area contributed by atoms with Gasteiger partial charge in [-0.1, -0.05) is 6.92 Å². The van der Waals surface area contributed by atoms with E-state index in [1.807, 2.05) is 25.2 Å². The van der Waals surface area contributed by atoms with E-state index in [0.717, 1.165) is 23.7 Å². The average Bonchev–Trinajstić information content (AvgIpc) is 2.37. The molecule has 0 fully saturated rings. The quantitative estimate of drug-likeness (QED) is 0.837. The molecule has 5 heteroatoms. The smallest absolute Gasteiger partial charge is 0.262 e. The minimum absolute atomic E-state index is 0.0897. The highest BCUT2D eigenvalue weighted by atomic mass is 16.5. The normalized spacial score (nSPS) is 15.4. The van der Waals surface area contributed by atoms with Crippen LogP contribution in [0.25, 0.3) is 0 Å². The monoisotopic (exact) mass is 249 g/mol. The maximum absolute atomic E-state index is 11.3. The summed E-state index contributed by atoms with van der Waals surface area (Å²) in [7, 11) is 2.01. The minimum atomic E-state index is -0.113. The third kappa shape index (κ3) is 2.73. The van der Waals surface area contributed by atoms with Gasteiger partial charge in [-0.15, -0.1) is 0 Å². The Hall–Kier alpha value is -1.75. The van der Waals surface area contributed by atoms with Gasteiger partial charge >= 0.3 is 0 Å². The Labute approximate surface area is 107 Å². The van der Waals surface area contributed by atoms with E-state index in [1.165, 1.54) is 0 Å². The van der Waals surface area contributed by atoms with Gasteiger partial charge in [-0.25, -0.2) is 0 Å². The highest BCUT2D eigenvalue weighted by Crippen LogP contribution is 2.31. The lowest BCUT2D eigenvalue weighted by Gasteiger charge is -2.25. The maximum Gasteiger partial charge on any atom is 0.262 e. The van der Waals surface area contributed by atoms with Crippen molar-refractivity contribution in [2.45, 2.75) is 6.92 Å². The molecular weight excluding hydrogens is 230 g/mol. The molecule has 0 aliphatic carbocycles. The molecule has 98 valence electrons. The van der Waals surface area contributed by atoms with Gasteiger partial charge in [0.1, 0.15) is 5.75 Å². The van der Waals surface area contributed by atoms with E-state index in [1.54, 1.807) is 0 Å². The van der Waals surface area contributed by atoms with Crippen molar-refractivity contribution in [3.63, 3.8) is 0 Å². The first kappa shape index (κ1) is 12.7. The summed E-state index contributed by atoms with van der Waals surface area (Å²) >= 11 is 0. The Morgan fingerprint density at radius 2 is 2.33 bits per heavy atom. The molecule has 2 rings (SSSR count). The topological polar surface area (TPSA) is 67.6 Å². The number of rotatable bonds is 4. The fourth-order valence-corrected chi connectivity index (χ4v) is 1.96. The van der Waals surface area contributed by atoms with Gasteiger partial charge in [0.15, 0.2) is 6.61 Å². The molecule has 1 heterocycles. The average molecular weight is 249 g/mol. The number of hydrogen-bond acceptors (Lipinski definition) is 4. The molecule has 0 spiro atoms. The number of carbonyl (C=O) groups excluding carboxylic acids is 1. The number of nitrogens with one attached hydrogen (secondary N) is 1. The van der Waals surface area contributed by atoms with E-state index in [4.69, 9.17) is 10.5 Å². The highest BCUT2D eigenvalue weighted by Gasteiger charge is 2.17. The third-order valence-electron chi connectivity index (χ3n) is 3.02. The van der Waals surface area contributed by atoms with Crippen molar-refractivity contribution in [2.24, 2.45) is 11.7 Å². The van der Waals surface area contributed by atoms with Crippen molar-refractivity contribution in [2.75, 3.05) is 37.0 Å². The summed E-state index contributed by atoms with van der Waals surface area (Å²) < 4.78 is 5.32. The third-order valence-corrected chi connectivity index (χ3v) is 3.02. The molecule has 1 amide bonds. The lowest BCUT2D eigenvalue weighted by atomic mass is 10.1. The van der Waals surface area contributed by atoms with Crippen LogP contribution in [0.4, 0.5) is 11.4 Å². The van der Waals surface area contributed by atoms with Gasteiger partial charge in [0, 0.05) is 19.3 Å². The van der Waals surface area contributed by atoms with E-state index < -0.39 is 0 Å². The molecular formula is C13H19N3O2. The lowest BCUT2D eigenvalue weighted by Crippen LogP contribution is -2.29. The summed E-state index contributed by atoms with van der Waals surface area (Å²) in [5.74, 6) is 1.04. The zero-order valence-electron chi connectivity index (χ0n) is 10.8. The van der Waals surface area contributed by atoms with Gasteiger partial charge in [-0.05, 0) is 30.7 Å². The van der Waals surface area contributed by atoms with Crippen LogP contribution < -0.4 is 20.7 Å². The first-order valence-corrected chi connectivity index (χ1v) is 6.08. The summed E-state index contributed by atoms with van der Waals surface area (Å²) in [5.41, 5.74) is 7.40. The molecule has 0 radical (unpaired) electrons. The molecule has 1 aliphatic heterocycles. The standard InChI is InChI=1S/C13H19N3O2/c1-9(6-14)7-16(2)10-3-4-12-11(5-10)15-13(17)8-18-12/h3-5,9H,6-8,14H2,1-2H3,(H,15,17). The Bertz CT molecular complexity index is 448. The second-order valence-electron chi connectivity index (χ2n) is 4.74. The van der Waals surface area contributed by atoms with E-state index in [0.29, 0.717) is 12.5 Å². The first-order chi connectivity index (χ1) is 8.60. The van der Waals surface area contributed by atoms with Crippen LogP contribution in [0.5, 0.6) is 5.75 Å². The van der Waals surface area contributed by atoms with Crippen molar-refractivity contribution < 1.29 is 9.53 Å². The predicted molar refractivity (Wildman–Crippen MR) is 72.1 cm³/mol. The van der Waals surface area contributed by atoms with E-state index in [-0.39, 0.29) is 12.5 Å². The number of nitrogens with two attached hydrogens (primary N) is 1. The Morgan fingerprint density at radius 3 is 3.06 bits per heavy atom. The lowest BCUT2D eigenvalue weighted by molar-refractivity contribution is -0.118. The molecule has 1 atom stereocenters. The van der Waals surface area contributed by atoms with Crippen molar-refractivity contribution in [1.29, 1.82) is 0 Å². The van der Waals surface area contributed by atoms with Crippen molar-refractivity contribution in [3.8, 4) is 5.75 Å². The van der Waals surface area contributed by atoms with E-state index in [2.05, 4.69) is 17.1 Å². The first-order valence-electron chi connectivity index (χ1n) is 6.08.